The van der Waals surface area contributed by atoms with Crippen molar-refractivity contribution < 1.29 is 92.0 Å². The lowest BCUT2D eigenvalue weighted by Crippen LogP contribution is -2.61. The lowest BCUT2D eigenvalue weighted by molar-refractivity contribution is -0.193. The number of alkyl halides is 9. The van der Waals surface area contributed by atoms with E-state index in [-0.39, 0.29) is 51.9 Å². The molecule has 9 rings (SSSR count). The van der Waals surface area contributed by atoms with Crippen molar-refractivity contribution in [1.29, 1.82) is 0 Å². The van der Waals surface area contributed by atoms with E-state index in [9.17, 15) is 57.5 Å². The van der Waals surface area contributed by atoms with Crippen molar-refractivity contribution in [3.63, 3.8) is 0 Å². The molecular formula is C66H91Cl2F9N10O11S. The van der Waals surface area contributed by atoms with Gasteiger partial charge in [0.25, 0.3) is 0 Å². The van der Waals surface area contributed by atoms with Gasteiger partial charge in [0.2, 0.25) is 21.8 Å². The van der Waals surface area contributed by atoms with E-state index < -0.39 is 52.0 Å². The number of hydrogen-bond donors (Lipinski definition) is 8. The molecule has 6 aliphatic rings. The van der Waals surface area contributed by atoms with Gasteiger partial charge in [-0.05, 0) is 121 Å². The Balaban J connectivity index is 0.000000638. The van der Waals surface area contributed by atoms with Gasteiger partial charge in [-0.25, -0.2) is 32.8 Å². The number of aliphatic carboxylic acids is 3. The maximum Gasteiger partial charge on any atom is 0.490 e. The Kier molecular flexibility index (Phi) is 31.1. The SMILES string of the molecule is Cc1cc(C)c2cccc(OCc3c(Cl)ccc(S(=O)(=O)NC4(C(=O)N5CCN(C(=O)C[C@H](CCCN=C(NC6CCCCC6)NC6CCCCC6)NC(=NC6CCCCC6)NC6CCCCC6)CC5)CCCC4)c3Cl)c2n1.O=C(O)C(F)(F)F.O=C(O)C(F)(F)F.O=C(O)C(F)(F)F. The number of nitrogens with zero attached hydrogens (tertiary/aromatic N) is 5. The molecule has 8 N–H and O–H groups in total. The molecule has 2 amide bonds. The van der Waals surface area contributed by atoms with Gasteiger partial charge < -0.3 is 51.1 Å². The second kappa shape index (κ2) is 37.9. The first kappa shape index (κ1) is 81.4. The van der Waals surface area contributed by atoms with E-state index in [2.05, 4.69) is 26.0 Å². The first-order chi connectivity index (χ1) is 46.6. The number of para-hydroxylation sites is 1. The molecule has 1 atom stereocenters. The Bertz CT molecular complexity index is 3270. The monoisotopic (exact) mass is 1470 g/mol. The van der Waals surface area contributed by atoms with E-state index in [1.54, 1.807) is 4.90 Å². The van der Waals surface area contributed by atoms with Crippen LogP contribution in [0.2, 0.25) is 10.0 Å². The number of sulfonamides is 1. The summed E-state index contributed by atoms with van der Waals surface area (Å²) in [5.41, 5.74) is 1.56. The van der Waals surface area contributed by atoms with Crippen LogP contribution < -0.4 is 30.7 Å². The summed E-state index contributed by atoms with van der Waals surface area (Å²) < 4.78 is 133. The molecular weight excluding hydrogens is 1380 g/mol. The van der Waals surface area contributed by atoms with Crippen molar-refractivity contribution in [1.82, 2.24) is 40.8 Å². The highest BCUT2D eigenvalue weighted by Crippen LogP contribution is 2.38. The number of carbonyl (C=O) groups is 5. The number of halogens is 11. The fraction of sp³-hybridized carbons (Fsp3) is 0.667. The second-order valence-corrected chi connectivity index (χ2v) is 28.4. The molecule has 1 aliphatic heterocycles. The maximum absolute atomic E-state index is 14.7. The summed E-state index contributed by atoms with van der Waals surface area (Å²) >= 11 is 13.6. The molecule has 5 aliphatic carbocycles. The summed E-state index contributed by atoms with van der Waals surface area (Å²) in [7, 11) is -4.34. The highest BCUT2D eigenvalue weighted by atomic mass is 35.5. The number of piperazine rings is 1. The van der Waals surface area contributed by atoms with E-state index in [1.807, 2.05) is 43.0 Å². The van der Waals surface area contributed by atoms with Crippen LogP contribution in [0.4, 0.5) is 39.5 Å². The number of fused-ring (bicyclic) bond motifs is 1. The van der Waals surface area contributed by atoms with Crippen molar-refractivity contribution in [3.8, 4) is 5.75 Å². The van der Waals surface area contributed by atoms with Crippen molar-refractivity contribution in [2.45, 2.75) is 253 Å². The Hall–Kier alpha value is -6.60. The number of nitrogens with one attached hydrogen (secondary N) is 5. The smallest absolute Gasteiger partial charge is 0.487 e. The summed E-state index contributed by atoms with van der Waals surface area (Å²) in [4.78, 5) is 74.7. The normalized spacial score (nSPS) is 18.8. The molecule has 554 valence electrons. The molecule has 99 heavy (non-hydrogen) atoms. The van der Waals surface area contributed by atoms with Gasteiger partial charge in [-0.2, -0.15) is 44.2 Å². The van der Waals surface area contributed by atoms with Crippen LogP contribution in [0.25, 0.3) is 10.9 Å². The number of carboxylic acid groups (broad SMARTS) is 3. The highest BCUT2D eigenvalue weighted by molar-refractivity contribution is 7.89. The van der Waals surface area contributed by atoms with Gasteiger partial charge in [-0.15, -0.1) is 0 Å². The van der Waals surface area contributed by atoms with Gasteiger partial charge in [0.1, 0.15) is 28.3 Å². The minimum absolute atomic E-state index is 0.0341. The number of rotatable bonds is 18. The topological polar surface area (TPSA) is 294 Å². The Morgan fingerprint density at radius 1 is 0.657 bits per heavy atom. The van der Waals surface area contributed by atoms with Crippen LogP contribution in [-0.4, -0.2) is 167 Å². The molecule has 0 bridgehead atoms. The fourth-order valence-electron chi connectivity index (χ4n) is 13.1. The molecule has 1 saturated heterocycles. The molecule has 3 aromatic rings. The largest absolute Gasteiger partial charge is 0.490 e. The highest BCUT2D eigenvalue weighted by Gasteiger charge is 2.48. The molecule has 0 spiro atoms. The fourth-order valence-corrected chi connectivity index (χ4v) is 15.4. The molecule has 0 radical (unpaired) electrons. The average Bonchev–Trinajstić information content (AvgIpc) is 1.72. The summed E-state index contributed by atoms with van der Waals surface area (Å²) in [6.45, 7) is 5.81. The van der Waals surface area contributed by atoms with Crippen LogP contribution in [0.3, 0.4) is 0 Å². The lowest BCUT2D eigenvalue weighted by Gasteiger charge is -2.40. The molecule has 2 heterocycles. The van der Waals surface area contributed by atoms with Gasteiger partial charge in [0, 0.05) is 85.0 Å². The number of ether oxygens (including phenoxy) is 1. The lowest BCUT2D eigenvalue weighted by atomic mass is 9.95. The number of amides is 2. The molecule has 33 heteroatoms. The second-order valence-electron chi connectivity index (χ2n) is 26.0. The predicted octanol–water partition coefficient (Wildman–Crippen LogP) is 12.8. The van der Waals surface area contributed by atoms with E-state index >= 15 is 0 Å². The Labute approximate surface area is 580 Å². The number of carbonyl (C=O) groups excluding carboxylic acids is 2. The van der Waals surface area contributed by atoms with Gasteiger partial charge in [0.15, 0.2) is 11.9 Å². The number of aryl methyl sites for hydroxylation is 2. The Morgan fingerprint density at radius 3 is 1.61 bits per heavy atom. The molecule has 21 nitrogen and oxygen atoms in total. The number of guanidine groups is 2. The molecule has 5 saturated carbocycles. The van der Waals surface area contributed by atoms with Gasteiger partial charge in [-0.3, -0.25) is 14.6 Å². The van der Waals surface area contributed by atoms with Crippen molar-refractivity contribution in [2.24, 2.45) is 9.98 Å². The molecule has 0 unspecified atom stereocenters. The van der Waals surface area contributed by atoms with E-state index in [1.165, 1.54) is 115 Å². The minimum atomic E-state index is -5.08. The average molecular weight is 1470 g/mol. The summed E-state index contributed by atoms with van der Waals surface area (Å²) in [6, 6.07) is 12.0. The molecule has 2 aromatic carbocycles. The number of benzene rings is 2. The van der Waals surface area contributed by atoms with E-state index in [0.717, 1.165) is 67.1 Å². The zero-order valence-electron chi connectivity index (χ0n) is 55.6. The third-order valence-corrected chi connectivity index (χ3v) is 20.7. The third kappa shape index (κ3) is 26.1. The maximum atomic E-state index is 14.7. The minimum Gasteiger partial charge on any atom is -0.487 e. The third-order valence-electron chi connectivity index (χ3n) is 18.3. The van der Waals surface area contributed by atoms with Crippen LogP contribution in [0.1, 0.15) is 190 Å². The number of pyridine rings is 1. The van der Waals surface area contributed by atoms with Crippen LogP contribution in [0.5, 0.6) is 5.75 Å². The standard InChI is InChI=1S/C60H88Cl2N10O5S.3C2HF3O2/c1-42-39-43(2)64-56-49(42)28-17-29-52(56)77-41-50-51(61)30-31-53(55(50)62)78(75,76)70-60(32-15-16-33-60)57(74)72-37-35-71(36-38-72)54(73)40-48(69-59(67-46-23-11-5-12-24-46)68-47-25-13-6-14-26-47)27-18-34-63-58(65-44-19-7-3-8-20-44)66-45-21-9-4-10-22-45;3*3-2(4,5)1(6)7/h17,28-31,39,44-48,70H,3-16,18-27,32-38,40-41H2,1-2H3,(H2,63,65,66)(H2,67,68,69);3*(H,6,7)/t48-;;;/m0.../s1. The van der Waals surface area contributed by atoms with Crippen molar-refractivity contribution in [2.75, 3.05) is 32.7 Å². The number of hydrogen-bond acceptors (Lipinski definition) is 11. The zero-order chi connectivity index (χ0) is 72.7. The number of carboxylic acids is 3. The number of aliphatic imine (C=N–C) groups is 2. The van der Waals surface area contributed by atoms with Crippen LogP contribution in [0.15, 0.2) is 51.3 Å². The summed E-state index contributed by atoms with van der Waals surface area (Å²) in [5, 5.41) is 37.8. The quantitative estimate of drug-likeness (QED) is 0.0254. The van der Waals surface area contributed by atoms with Crippen LogP contribution >= 0.6 is 23.2 Å². The summed E-state index contributed by atoms with van der Waals surface area (Å²) in [6.07, 6.45) is 12.8. The van der Waals surface area contributed by atoms with Crippen LogP contribution in [0, 0.1) is 13.8 Å². The Morgan fingerprint density at radius 2 is 1.12 bits per heavy atom. The van der Waals surface area contributed by atoms with Gasteiger partial charge in [0.05, 0.1) is 11.1 Å². The molecule has 6 fully saturated rings. The zero-order valence-corrected chi connectivity index (χ0v) is 57.9. The van der Waals surface area contributed by atoms with E-state index in [0.29, 0.717) is 93.4 Å². The first-order valence-electron chi connectivity index (χ1n) is 33.8. The van der Waals surface area contributed by atoms with E-state index in [4.69, 9.17) is 72.6 Å². The van der Waals surface area contributed by atoms with Gasteiger partial charge in [-0.1, -0.05) is 125 Å². The van der Waals surface area contributed by atoms with Crippen molar-refractivity contribution >= 4 is 85.8 Å². The number of aromatic nitrogens is 1. The first-order valence-corrected chi connectivity index (χ1v) is 36.1. The van der Waals surface area contributed by atoms with Gasteiger partial charge >= 0.3 is 36.4 Å². The summed E-state index contributed by atoms with van der Waals surface area (Å²) in [5.74, 6) is -6.21. The predicted molar refractivity (Wildman–Crippen MR) is 355 cm³/mol. The molecule has 1 aromatic heterocycles. The van der Waals surface area contributed by atoms with Crippen LogP contribution in [-0.2, 0) is 40.6 Å². The van der Waals surface area contributed by atoms with Crippen molar-refractivity contribution in [3.05, 3.63) is 63.3 Å².